The number of carbonyl (C=O) groups excluding carboxylic acids is 1. The molecule has 0 saturated carbocycles. The maximum absolute atomic E-state index is 12.9. The fourth-order valence-corrected chi connectivity index (χ4v) is 3.18. The Balaban J connectivity index is 0.00000242. The maximum atomic E-state index is 12.9. The highest BCUT2D eigenvalue weighted by Crippen LogP contribution is 2.25. The first kappa shape index (κ1) is 19.3. The van der Waals surface area contributed by atoms with E-state index in [9.17, 15) is 4.79 Å². The van der Waals surface area contributed by atoms with Gasteiger partial charge in [-0.25, -0.2) is 0 Å². The topological polar surface area (TPSA) is 41.6 Å². The van der Waals surface area contributed by atoms with E-state index in [4.69, 9.17) is 4.74 Å². The van der Waals surface area contributed by atoms with Crippen LogP contribution in [0.3, 0.4) is 0 Å². The lowest BCUT2D eigenvalue weighted by molar-refractivity contribution is 0.0641. The molecule has 0 spiro atoms. The Labute approximate surface area is 147 Å². The van der Waals surface area contributed by atoms with E-state index < -0.39 is 0 Å². The number of hydrogen-bond donors (Lipinski definition) is 1. The third-order valence-corrected chi connectivity index (χ3v) is 4.57. The molecule has 0 bridgehead atoms. The van der Waals surface area contributed by atoms with Gasteiger partial charge in [-0.2, -0.15) is 0 Å². The van der Waals surface area contributed by atoms with Gasteiger partial charge in [0.05, 0.1) is 12.7 Å². The molecule has 1 heterocycles. The molecular weight excluding hydrogens is 368 g/mol. The fraction of sp³-hybridized carbons (Fsp3) is 0.562. The molecule has 0 aromatic heterocycles. The van der Waals surface area contributed by atoms with Crippen molar-refractivity contribution in [2.24, 2.45) is 0 Å². The zero-order chi connectivity index (χ0) is 15.2. The van der Waals surface area contributed by atoms with E-state index in [1.165, 1.54) is 0 Å². The molecule has 124 valence electrons. The molecule has 1 aliphatic rings. The zero-order valence-electron chi connectivity index (χ0n) is 13.1. The van der Waals surface area contributed by atoms with E-state index >= 15 is 0 Å². The van der Waals surface area contributed by atoms with E-state index in [1.807, 2.05) is 23.1 Å². The summed E-state index contributed by atoms with van der Waals surface area (Å²) in [6.07, 6.45) is 3.01. The number of piperidine rings is 1. The van der Waals surface area contributed by atoms with Gasteiger partial charge in [0, 0.05) is 17.1 Å². The largest absolute Gasteiger partial charge is 0.497 e. The minimum atomic E-state index is 0. The van der Waals surface area contributed by atoms with Gasteiger partial charge in [0.25, 0.3) is 5.91 Å². The SMILES string of the molecule is CCCN(C(=O)c1cc(OC)ccc1Br)C1CCNCC1.Cl. The summed E-state index contributed by atoms with van der Waals surface area (Å²) in [5.74, 6) is 0.804. The van der Waals surface area contributed by atoms with Gasteiger partial charge in [0.1, 0.15) is 5.75 Å². The van der Waals surface area contributed by atoms with Crippen LogP contribution < -0.4 is 10.1 Å². The summed E-state index contributed by atoms with van der Waals surface area (Å²) in [6, 6.07) is 5.88. The number of nitrogens with one attached hydrogen (secondary N) is 1. The lowest BCUT2D eigenvalue weighted by Gasteiger charge is -2.35. The third-order valence-electron chi connectivity index (χ3n) is 3.88. The number of ether oxygens (including phenoxy) is 1. The average Bonchev–Trinajstić information content (AvgIpc) is 2.53. The molecule has 1 fully saturated rings. The highest BCUT2D eigenvalue weighted by molar-refractivity contribution is 9.10. The van der Waals surface area contributed by atoms with E-state index in [2.05, 4.69) is 28.2 Å². The van der Waals surface area contributed by atoms with Crippen molar-refractivity contribution in [3.8, 4) is 5.75 Å². The summed E-state index contributed by atoms with van der Waals surface area (Å²) in [7, 11) is 1.62. The van der Waals surface area contributed by atoms with Crippen molar-refractivity contribution in [2.45, 2.75) is 32.2 Å². The van der Waals surface area contributed by atoms with Crippen LogP contribution in [-0.2, 0) is 0 Å². The molecule has 4 nitrogen and oxygen atoms in total. The predicted molar refractivity (Wildman–Crippen MR) is 95.2 cm³/mol. The van der Waals surface area contributed by atoms with Crippen molar-refractivity contribution >= 4 is 34.2 Å². The van der Waals surface area contributed by atoms with Gasteiger partial charge in [-0.1, -0.05) is 6.92 Å². The predicted octanol–water partition coefficient (Wildman–Crippen LogP) is 3.48. The summed E-state index contributed by atoms with van der Waals surface area (Å²) < 4.78 is 6.07. The highest BCUT2D eigenvalue weighted by Gasteiger charge is 2.26. The van der Waals surface area contributed by atoms with Crippen LogP contribution in [-0.4, -0.2) is 43.6 Å². The molecule has 1 N–H and O–H groups in total. The van der Waals surface area contributed by atoms with Crippen LogP contribution in [0.25, 0.3) is 0 Å². The van der Waals surface area contributed by atoms with Crippen LogP contribution in [0.15, 0.2) is 22.7 Å². The van der Waals surface area contributed by atoms with E-state index in [0.29, 0.717) is 17.4 Å². The quantitative estimate of drug-likeness (QED) is 0.835. The molecule has 0 atom stereocenters. The molecule has 2 rings (SSSR count). The van der Waals surface area contributed by atoms with Gasteiger partial charge in [-0.3, -0.25) is 4.79 Å². The number of hydrogen-bond acceptors (Lipinski definition) is 3. The van der Waals surface area contributed by atoms with E-state index in [-0.39, 0.29) is 18.3 Å². The van der Waals surface area contributed by atoms with E-state index in [0.717, 1.165) is 43.4 Å². The second-order valence-electron chi connectivity index (χ2n) is 5.33. The Hall–Kier alpha value is -0.780. The maximum Gasteiger partial charge on any atom is 0.255 e. The van der Waals surface area contributed by atoms with Crippen LogP contribution in [0.5, 0.6) is 5.75 Å². The summed E-state index contributed by atoms with van der Waals surface area (Å²) >= 11 is 3.49. The molecule has 22 heavy (non-hydrogen) atoms. The number of methoxy groups -OCH3 is 1. The number of carbonyl (C=O) groups is 1. The standard InChI is InChI=1S/C16H23BrN2O2.ClH/c1-3-10-19(12-6-8-18-9-7-12)16(20)14-11-13(21-2)4-5-15(14)17;/h4-5,11-12,18H,3,6-10H2,1-2H3;1H. The minimum absolute atomic E-state index is 0. The van der Waals surface area contributed by atoms with Crippen LogP contribution in [0.4, 0.5) is 0 Å². The molecule has 0 radical (unpaired) electrons. The molecular formula is C16H24BrClN2O2. The Kier molecular flexibility index (Phi) is 8.21. The normalized spacial score (nSPS) is 15.0. The second kappa shape index (κ2) is 9.38. The van der Waals surface area contributed by atoms with Crippen molar-refractivity contribution in [3.63, 3.8) is 0 Å². The van der Waals surface area contributed by atoms with Crippen molar-refractivity contribution in [1.82, 2.24) is 10.2 Å². The molecule has 1 aromatic carbocycles. The van der Waals surface area contributed by atoms with Crippen LogP contribution >= 0.6 is 28.3 Å². The van der Waals surface area contributed by atoms with Gasteiger partial charge in [-0.05, 0) is 66.5 Å². The second-order valence-corrected chi connectivity index (χ2v) is 6.18. The van der Waals surface area contributed by atoms with Gasteiger partial charge < -0.3 is 15.0 Å². The lowest BCUT2D eigenvalue weighted by atomic mass is 10.0. The van der Waals surface area contributed by atoms with Crippen LogP contribution in [0, 0.1) is 0 Å². The molecule has 0 unspecified atom stereocenters. The fourth-order valence-electron chi connectivity index (χ4n) is 2.76. The highest BCUT2D eigenvalue weighted by atomic mass is 79.9. The first-order chi connectivity index (χ1) is 10.2. The minimum Gasteiger partial charge on any atom is -0.497 e. The Morgan fingerprint density at radius 1 is 1.41 bits per heavy atom. The number of amides is 1. The molecule has 1 aliphatic heterocycles. The van der Waals surface area contributed by atoms with Crippen molar-refractivity contribution < 1.29 is 9.53 Å². The van der Waals surface area contributed by atoms with E-state index in [1.54, 1.807) is 7.11 Å². The third kappa shape index (κ3) is 4.61. The average molecular weight is 392 g/mol. The lowest BCUT2D eigenvalue weighted by Crippen LogP contribution is -2.46. The van der Waals surface area contributed by atoms with Crippen LogP contribution in [0.1, 0.15) is 36.5 Å². The van der Waals surface area contributed by atoms with Crippen LogP contribution in [0.2, 0.25) is 0 Å². The number of nitrogens with zero attached hydrogens (tertiary/aromatic N) is 1. The van der Waals surface area contributed by atoms with Gasteiger partial charge in [-0.15, -0.1) is 12.4 Å². The zero-order valence-corrected chi connectivity index (χ0v) is 15.5. The first-order valence-corrected chi connectivity index (χ1v) is 8.32. The molecule has 1 amide bonds. The summed E-state index contributed by atoms with van der Waals surface area (Å²) in [4.78, 5) is 15.0. The first-order valence-electron chi connectivity index (χ1n) is 7.52. The molecule has 6 heteroatoms. The Morgan fingerprint density at radius 3 is 2.68 bits per heavy atom. The van der Waals surface area contributed by atoms with Crippen molar-refractivity contribution in [2.75, 3.05) is 26.7 Å². The molecule has 1 saturated heterocycles. The Bertz CT molecular complexity index is 493. The summed E-state index contributed by atoms with van der Waals surface area (Å²) in [6.45, 7) is 4.88. The summed E-state index contributed by atoms with van der Waals surface area (Å²) in [5.41, 5.74) is 0.682. The van der Waals surface area contributed by atoms with Gasteiger partial charge in [0.2, 0.25) is 0 Å². The smallest absolute Gasteiger partial charge is 0.255 e. The van der Waals surface area contributed by atoms with Gasteiger partial charge >= 0.3 is 0 Å². The monoisotopic (exact) mass is 390 g/mol. The summed E-state index contributed by atoms with van der Waals surface area (Å²) in [5, 5.41) is 3.35. The molecule has 1 aromatic rings. The number of halogens is 2. The van der Waals surface area contributed by atoms with Crippen molar-refractivity contribution in [1.29, 1.82) is 0 Å². The number of benzene rings is 1. The number of rotatable bonds is 5. The molecule has 0 aliphatic carbocycles. The van der Waals surface area contributed by atoms with Gasteiger partial charge in [0.15, 0.2) is 0 Å². The Morgan fingerprint density at radius 2 is 2.09 bits per heavy atom. The van der Waals surface area contributed by atoms with Crippen molar-refractivity contribution in [3.05, 3.63) is 28.2 Å².